The first-order valence-corrected chi connectivity index (χ1v) is 11.3. The van der Waals surface area contributed by atoms with Crippen molar-refractivity contribution in [2.24, 2.45) is 5.10 Å². The predicted molar refractivity (Wildman–Crippen MR) is 132 cm³/mol. The zero-order chi connectivity index (χ0) is 22.6. The number of halogens is 1. The van der Waals surface area contributed by atoms with Crippen molar-refractivity contribution in [1.82, 2.24) is 29.5 Å². The lowest BCUT2D eigenvalue weighted by molar-refractivity contribution is 0.148. The monoisotopic (exact) mass is 460 g/mol. The van der Waals surface area contributed by atoms with Crippen LogP contribution in [-0.2, 0) is 6.54 Å². The first kappa shape index (κ1) is 21.5. The number of anilines is 1. The molecule has 0 atom stereocenters. The number of rotatable bonds is 6. The highest BCUT2D eigenvalue weighted by atomic mass is 35.5. The Morgan fingerprint density at radius 2 is 1.88 bits per heavy atom. The number of nitrogens with zero attached hydrogens (tertiary/aromatic N) is 7. The van der Waals surface area contributed by atoms with Gasteiger partial charge in [0, 0.05) is 37.7 Å². The Kier molecular flexibility index (Phi) is 6.30. The van der Waals surface area contributed by atoms with E-state index < -0.39 is 0 Å². The number of piperazine rings is 1. The molecule has 0 bridgehead atoms. The predicted octanol–water partition coefficient (Wildman–Crippen LogP) is 3.66. The summed E-state index contributed by atoms with van der Waals surface area (Å²) in [5, 5.41) is 10.2. The molecule has 2 aromatic heterocycles. The Morgan fingerprint density at radius 1 is 1.06 bits per heavy atom. The number of hydrogen-bond donors (Lipinski definition) is 1. The van der Waals surface area contributed by atoms with Gasteiger partial charge in [0.15, 0.2) is 11.5 Å². The van der Waals surface area contributed by atoms with Crippen LogP contribution in [-0.4, -0.2) is 69.0 Å². The van der Waals surface area contributed by atoms with Crippen LogP contribution in [0.3, 0.4) is 0 Å². The van der Waals surface area contributed by atoms with Gasteiger partial charge in [0.1, 0.15) is 6.33 Å². The number of benzene rings is 2. The van der Waals surface area contributed by atoms with Crippen molar-refractivity contribution in [2.75, 3.05) is 38.7 Å². The lowest BCUT2D eigenvalue weighted by Gasteiger charge is -2.32. The van der Waals surface area contributed by atoms with Crippen molar-refractivity contribution in [1.29, 1.82) is 0 Å². The van der Waals surface area contributed by atoms with Gasteiger partial charge in [-0.1, -0.05) is 41.9 Å². The van der Waals surface area contributed by atoms with Crippen LogP contribution in [0.5, 0.6) is 0 Å². The van der Waals surface area contributed by atoms with Gasteiger partial charge in [-0.2, -0.15) is 10.2 Å². The third kappa shape index (κ3) is 5.03. The molecule has 1 aliphatic heterocycles. The Bertz CT molecular complexity index is 1260. The van der Waals surface area contributed by atoms with Crippen molar-refractivity contribution in [3.8, 4) is 5.69 Å². The third-order valence-electron chi connectivity index (χ3n) is 5.78. The summed E-state index contributed by atoms with van der Waals surface area (Å²) in [6.45, 7) is 5.48. The van der Waals surface area contributed by atoms with Crippen LogP contribution in [0.4, 0.5) is 5.82 Å². The Hall–Kier alpha value is -3.33. The van der Waals surface area contributed by atoms with Crippen LogP contribution in [0.15, 0.2) is 66.2 Å². The molecule has 4 aromatic rings. The molecule has 5 rings (SSSR count). The molecular formula is C24H25ClN8. The second-order valence-corrected chi connectivity index (χ2v) is 8.62. The highest BCUT2D eigenvalue weighted by molar-refractivity contribution is 6.30. The third-order valence-corrected chi connectivity index (χ3v) is 6.02. The SMILES string of the molecule is CN1CCN(Cc2ccc(C=NNc3ncnc4c3cnn4-c3cccc(Cl)c3)cc2)CC1. The van der Waals surface area contributed by atoms with Gasteiger partial charge in [0.2, 0.25) is 0 Å². The van der Waals surface area contributed by atoms with Crippen molar-refractivity contribution >= 4 is 34.7 Å². The Morgan fingerprint density at radius 3 is 2.67 bits per heavy atom. The summed E-state index contributed by atoms with van der Waals surface area (Å²) in [6, 6.07) is 16.0. The van der Waals surface area contributed by atoms with Gasteiger partial charge in [-0.3, -0.25) is 10.3 Å². The molecule has 0 amide bonds. The molecule has 0 saturated carbocycles. The number of likely N-dealkylation sites (N-methyl/N-ethyl adjacent to an activating group) is 1. The maximum Gasteiger partial charge on any atom is 0.168 e. The molecule has 1 aliphatic rings. The average Bonchev–Trinajstić information content (AvgIpc) is 3.27. The van der Waals surface area contributed by atoms with Crippen LogP contribution in [0, 0.1) is 0 Å². The molecule has 1 N–H and O–H groups in total. The summed E-state index contributed by atoms with van der Waals surface area (Å²) in [5.74, 6) is 0.594. The van der Waals surface area contributed by atoms with Gasteiger partial charge < -0.3 is 4.90 Å². The van der Waals surface area contributed by atoms with Gasteiger partial charge in [-0.05, 0) is 36.4 Å². The maximum absolute atomic E-state index is 6.13. The topological polar surface area (TPSA) is 74.5 Å². The van der Waals surface area contributed by atoms with Crippen molar-refractivity contribution < 1.29 is 0 Å². The summed E-state index contributed by atoms with van der Waals surface area (Å²) in [7, 11) is 2.18. The van der Waals surface area contributed by atoms with E-state index in [9.17, 15) is 0 Å². The number of aromatic nitrogens is 4. The van der Waals surface area contributed by atoms with Crippen LogP contribution in [0.1, 0.15) is 11.1 Å². The standard InChI is InChI=1S/C24H25ClN8/c1-31-9-11-32(12-10-31)16-19-7-5-18(6-8-19)14-28-30-23-22-15-29-33(24(22)27-17-26-23)21-4-2-3-20(25)13-21/h2-8,13-15,17H,9-12,16H2,1H3,(H,26,27,30). The minimum absolute atomic E-state index is 0.594. The van der Waals surface area contributed by atoms with Crippen LogP contribution in [0.2, 0.25) is 5.02 Å². The first-order valence-electron chi connectivity index (χ1n) is 10.9. The highest BCUT2D eigenvalue weighted by Crippen LogP contribution is 2.23. The Balaban J connectivity index is 1.25. The molecule has 3 heterocycles. The molecule has 168 valence electrons. The molecule has 1 fully saturated rings. The highest BCUT2D eigenvalue weighted by Gasteiger charge is 2.14. The number of fused-ring (bicyclic) bond motifs is 1. The van der Waals surface area contributed by atoms with Gasteiger partial charge in [-0.15, -0.1) is 0 Å². The Labute approximate surface area is 197 Å². The fraction of sp³-hybridized carbons (Fsp3) is 0.250. The smallest absolute Gasteiger partial charge is 0.168 e. The fourth-order valence-corrected chi connectivity index (χ4v) is 4.06. The maximum atomic E-state index is 6.13. The molecule has 33 heavy (non-hydrogen) atoms. The van der Waals surface area contributed by atoms with Crippen LogP contribution in [0.25, 0.3) is 16.7 Å². The minimum Gasteiger partial charge on any atom is -0.304 e. The molecule has 0 spiro atoms. The molecule has 0 radical (unpaired) electrons. The van der Waals surface area contributed by atoms with E-state index >= 15 is 0 Å². The molecule has 9 heteroatoms. The normalized spacial score (nSPS) is 15.5. The van der Waals surface area contributed by atoms with E-state index in [4.69, 9.17) is 11.6 Å². The minimum atomic E-state index is 0.594. The second-order valence-electron chi connectivity index (χ2n) is 8.19. The van der Waals surface area contributed by atoms with Crippen molar-refractivity contribution in [3.05, 3.63) is 77.2 Å². The van der Waals surface area contributed by atoms with Gasteiger partial charge in [0.05, 0.1) is 23.5 Å². The van der Waals surface area contributed by atoms with E-state index in [2.05, 4.69) is 66.7 Å². The van der Waals surface area contributed by atoms with E-state index in [1.165, 1.54) is 11.9 Å². The molecular weight excluding hydrogens is 436 g/mol. The van der Waals surface area contributed by atoms with Gasteiger partial charge in [-0.25, -0.2) is 14.6 Å². The zero-order valence-corrected chi connectivity index (χ0v) is 19.2. The lowest BCUT2D eigenvalue weighted by atomic mass is 10.1. The quantitative estimate of drug-likeness (QED) is 0.349. The second kappa shape index (κ2) is 9.66. The summed E-state index contributed by atoms with van der Waals surface area (Å²) >= 11 is 6.13. The zero-order valence-electron chi connectivity index (χ0n) is 18.4. The van der Waals surface area contributed by atoms with E-state index in [1.54, 1.807) is 17.1 Å². The van der Waals surface area contributed by atoms with Crippen LogP contribution < -0.4 is 5.43 Å². The average molecular weight is 461 g/mol. The molecule has 1 saturated heterocycles. The van der Waals surface area contributed by atoms with Crippen molar-refractivity contribution in [2.45, 2.75) is 6.54 Å². The van der Waals surface area contributed by atoms with Gasteiger partial charge >= 0.3 is 0 Å². The summed E-state index contributed by atoms with van der Waals surface area (Å²) in [5.41, 5.74) is 6.87. The first-order chi connectivity index (χ1) is 16.2. The largest absolute Gasteiger partial charge is 0.304 e. The molecule has 0 unspecified atom stereocenters. The summed E-state index contributed by atoms with van der Waals surface area (Å²) in [6.07, 6.45) is 5.01. The summed E-state index contributed by atoms with van der Waals surface area (Å²) in [4.78, 5) is 13.6. The number of hydrazone groups is 1. The van der Waals surface area contributed by atoms with E-state index in [1.807, 2.05) is 24.3 Å². The fourth-order valence-electron chi connectivity index (χ4n) is 3.87. The number of nitrogens with one attached hydrogen (secondary N) is 1. The van der Waals surface area contributed by atoms with Gasteiger partial charge in [0.25, 0.3) is 0 Å². The van der Waals surface area contributed by atoms with E-state index in [0.29, 0.717) is 16.5 Å². The number of hydrogen-bond acceptors (Lipinski definition) is 7. The van der Waals surface area contributed by atoms with E-state index in [0.717, 1.165) is 49.4 Å². The molecule has 2 aromatic carbocycles. The summed E-state index contributed by atoms with van der Waals surface area (Å²) < 4.78 is 1.73. The van der Waals surface area contributed by atoms with Crippen molar-refractivity contribution in [3.63, 3.8) is 0 Å². The van der Waals surface area contributed by atoms with E-state index in [-0.39, 0.29) is 0 Å². The lowest BCUT2D eigenvalue weighted by Crippen LogP contribution is -2.43. The van der Waals surface area contributed by atoms with Crippen LogP contribution >= 0.6 is 11.6 Å². The molecule has 0 aliphatic carbocycles. The molecule has 8 nitrogen and oxygen atoms in total.